The summed E-state index contributed by atoms with van der Waals surface area (Å²) in [5.74, 6) is -4.43. The lowest BCUT2D eigenvalue weighted by Crippen LogP contribution is -2.41. The molecule has 0 bridgehead atoms. The standard InChI is InChI=1S/C15H18F2N2O3/c16-10-5-3-6-11(13(10)17)19-15(22)14(21)18-8-9-4-1-2-7-12(9)20/h3,5-6,9,12,20H,1-2,4,7-8H2,(H,18,21)(H,19,22)/t9-,12-/m0/s1. The summed E-state index contributed by atoms with van der Waals surface area (Å²) in [6.07, 6.45) is 2.89. The lowest BCUT2D eigenvalue weighted by Gasteiger charge is -2.27. The number of aliphatic hydroxyl groups is 1. The first kappa shape index (κ1) is 16.4. The molecular weight excluding hydrogens is 294 g/mol. The SMILES string of the molecule is O=C(NC[C@@H]1CCCC[C@@H]1O)C(=O)Nc1cccc(F)c1F. The monoisotopic (exact) mass is 312 g/mol. The van der Waals surface area contributed by atoms with Crippen LogP contribution in [0.3, 0.4) is 0 Å². The van der Waals surface area contributed by atoms with E-state index in [1.54, 1.807) is 0 Å². The number of hydrogen-bond acceptors (Lipinski definition) is 3. The minimum absolute atomic E-state index is 0.0867. The third-order valence-corrected chi connectivity index (χ3v) is 3.80. The predicted molar refractivity (Wildman–Crippen MR) is 76.0 cm³/mol. The lowest BCUT2D eigenvalue weighted by molar-refractivity contribution is -0.136. The van der Waals surface area contributed by atoms with Crippen molar-refractivity contribution in [2.24, 2.45) is 5.92 Å². The van der Waals surface area contributed by atoms with E-state index in [9.17, 15) is 23.5 Å². The normalized spacial score (nSPS) is 21.2. The van der Waals surface area contributed by atoms with Gasteiger partial charge in [-0.25, -0.2) is 8.78 Å². The van der Waals surface area contributed by atoms with E-state index in [0.717, 1.165) is 31.4 Å². The topological polar surface area (TPSA) is 78.4 Å². The smallest absolute Gasteiger partial charge is 0.313 e. The van der Waals surface area contributed by atoms with Gasteiger partial charge in [-0.15, -0.1) is 0 Å². The van der Waals surface area contributed by atoms with Crippen LogP contribution in [0.4, 0.5) is 14.5 Å². The lowest BCUT2D eigenvalue weighted by atomic mass is 9.86. The third kappa shape index (κ3) is 4.00. The minimum Gasteiger partial charge on any atom is -0.393 e. The summed E-state index contributed by atoms with van der Waals surface area (Å²) in [4.78, 5) is 23.3. The molecule has 1 saturated carbocycles. The molecule has 2 amide bonds. The van der Waals surface area contributed by atoms with Gasteiger partial charge in [0.1, 0.15) is 0 Å². The largest absolute Gasteiger partial charge is 0.393 e. The Balaban J connectivity index is 1.87. The molecule has 1 aromatic carbocycles. The number of hydrogen-bond donors (Lipinski definition) is 3. The first-order chi connectivity index (χ1) is 10.5. The van der Waals surface area contributed by atoms with Crippen LogP contribution in [0.2, 0.25) is 0 Å². The molecule has 0 aliphatic heterocycles. The van der Waals surface area contributed by atoms with Gasteiger partial charge in [-0.3, -0.25) is 9.59 Å². The molecular formula is C15H18F2N2O3. The van der Waals surface area contributed by atoms with E-state index in [1.807, 2.05) is 5.32 Å². The molecule has 0 aromatic heterocycles. The molecule has 3 N–H and O–H groups in total. The van der Waals surface area contributed by atoms with Gasteiger partial charge in [0.2, 0.25) is 0 Å². The zero-order valence-electron chi connectivity index (χ0n) is 11.9. The fraction of sp³-hybridized carbons (Fsp3) is 0.467. The zero-order valence-corrected chi connectivity index (χ0v) is 11.9. The van der Waals surface area contributed by atoms with E-state index in [-0.39, 0.29) is 12.5 Å². The minimum atomic E-state index is -1.22. The summed E-state index contributed by atoms with van der Waals surface area (Å²) in [6, 6.07) is 3.30. The summed E-state index contributed by atoms with van der Waals surface area (Å²) in [6.45, 7) is 0.180. The number of amides is 2. The Morgan fingerprint density at radius 1 is 1.18 bits per heavy atom. The molecule has 0 spiro atoms. The zero-order chi connectivity index (χ0) is 16.1. The fourth-order valence-electron chi connectivity index (χ4n) is 2.51. The van der Waals surface area contributed by atoms with Gasteiger partial charge in [-0.2, -0.15) is 0 Å². The number of carbonyl (C=O) groups is 2. The van der Waals surface area contributed by atoms with Crippen molar-refractivity contribution < 1.29 is 23.5 Å². The molecule has 2 rings (SSSR count). The Morgan fingerprint density at radius 2 is 1.91 bits per heavy atom. The van der Waals surface area contributed by atoms with Crippen LogP contribution in [0.1, 0.15) is 25.7 Å². The van der Waals surface area contributed by atoms with Crippen LogP contribution in [0.5, 0.6) is 0 Å². The summed E-state index contributed by atoms with van der Waals surface area (Å²) in [5, 5.41) is 14.2. The van der Waals surface area contributed by atoms with Crippen molar-refractivity contribution >= 4 is 17.5 Å². The summed E-state index contributed by atoms with van der Waals surface area (Å²) >= 11 is 0. The van der Waals surface area contributed by atoms with E-state index in [1.165, 1.54) is 6.07 Å². The average molecular weight is 312 g/mol. The van der Waals surface area contributed by atoms with Crippen LogP contribution in [0.25, 0.3) is 0 Å². The van der Waals surface area contributed by atoms with Gasteiger partial charge in [0.15, 0.2) is 11.6 Å². The number of rotatable bonds is 3. The molecule has 0 unspecified atom stereocenters. The van der Waals surface area contributed by atoms with Gasteiger partial charge in [0.05, 0.1) is 11.8 Å². The second-order valence-corrected chi connectivity index (χ2v) is 5.38. The van der Waals surface area contributed by atoms with Gasteiger partial charge in [-0.05, 0) is 25.0 Å². The Hall–Kier alpha value is -2.02. The van der Waals surface area contributed by atoms with E-state index < -0.39 is 35.2 Å². The fourth-order valence-corrected chi connectivity index (χ4v) is 2.51. The van der Waals surface area contributed by atoms with Crippen molar-refractivity contribution in [3.8, 4) is 0 Å². The molecule has 1 aliphatic rings. The van der Waals surface area contributed by atoms with Gasteiger partial charge in [-0.1, -0.05) is 18.9 Å². The second kappa shape index (κ2) is 7.31. The van der Waals surface area contributed by atoms with E-state index in [4.69, 9.17) is 0 Å². The number of benzene rings is 1. The highest BCUT2D eigenvalue weighted by Gasteiger charge is 2.24. The Bertz CT molecular complexity index is 566. The van der Waals surface area contributed by atoms with Crippen molar-refractivity contribution in [2.75, 3.05) is 11.9 Å². The number of carbonyl (C=O) groups excluding carboxylic acids is 2. The van der Waals surface area contributed by atoms with Crippen LogP contribution in [0, 0.1) is 17.6 Å². The molecule has 120 valence electrons. The molecule has 0 heterocycles. The quantitative estimate of drug-likeness (QED) is 0.741. The van der Waals surface area contributed by atoms with E-state index in [0.29, 0.717) is 6.42 Å². The maximum absolute atomic E-state index is 13.4. The Morgan fingerprint density at radius 3 is 2.64 bits per heavy atom. The third-order valence-electron chi connectivity index (χ3n) is 3.80. The molecule has 1 fully saturated rings. The number of aliphatic hydroxyl groups excluding tert-OH is 1. The van der Waals surface area contributed by atoms with Gasteiger partial charge >= 0.3 is 11.8 Å². The second-order valence-electron chi connectivity index (χ2n) is 5.38. The van der Waals surface area contributed by atoms with Crippen LogP contribution >= 0.6 is 0 Å². The Labute approximate surface area is 126 Å². The van der Waals surface area contributed by atoms with Crippen molar-refractivity contribution in [3.63, 3.8) is 0 Å². The highest BCUT2D eigenvalue weighted by Crippen LogP contribution is 2.23. The van der Waals surface area contributed by atoms with Crippen LogP contribution in [-0.2, 0) is 9.59 Å². The molecule has 2 atom stereocenters. The van der Waals surface area contributed by atoms with E-state index >= 15 is 0 Å². The first-order valence-electron chi connectivity index (χ1n) is 7.20. The Kier molecular flexibility index (Phi) is 5.43. The molecule has 7 heteroatoms. The number of anilines is 1. The summed E-state index contributed by atoms with van der Waals surface area (Å²) < 4.78 is 26.4. The van der Waals surface area contributed by atoms with Crippen LogP contribution in [0.15, 0.2) is 18.2 Å². The summed E-state index contributed by atoms with van der Waals surface area (Å²) in [7, 11) is 0. The van der Waals surface area contributed by atoms with Crippen molar-refractivity contribution in [1.82, 2.24) is 5.32 Å². The highest BCUT2D eigenvalue weighted by molar-refractivity contribution is 6.39. The molecule has 0 saturated heterocycles. The molecule has 5 nitrogen and oxygen atoms in total. The summed E-state index contributed by atoms with van der Waals surface area (Å²) in [5.41, 5.74) is -0.391. The van der Waals surface area contributed by atoms with Crippen LogP contribution < -0.4 is 10.6 Å². The molecule has 22 heavy (non-hydrogen) atoms. The first-order valence-corrected chi connectivity index (χ1v) is 7.20. The number of halogens is 2. The van der Waals surface area contributed by atoms with Crippen molar-refractivity contribution in [1.29, 1.82) is 0 Å². The number of nitrogens with one attached hydrogen (secondary N) is 2. The highest BCUT2D eigenvalue weighted by atomic mass is 19.2. The van der Waals surface area contributed by atoms with E-state index in [2.05, 4.69) is 5.32 Å². The molecule has 0 radical (unpaired) electrons. The van der Waals surface area contributed by atoms with Gasteiger partial charge in [0.25, 0.3) is 0 Å². The predicted octanol–water partition coefficient (Wildman–Crippen LogP) is 1.57. The maximum atomic E-state index is 13.4. The van der Waals surface area contributed by atoms with Crippen molar-refractivity contribution in [3.05, 3.63) is 29.8 Å². The maximum Gasteiger partial charge on any atom is 0.313 e. The average Bonchev–Trinajstić information content (AvgIpc) is 2.50. The van der Waals surface area contributed by atoms with Gasteiger partial charge in [0, 0.05) is 12.5 Å². The van der Waals surface area contributed by atoms with Crippen LogP contribution in [-0.4, -0.2) is 29.6 Å². The van der Waals surface area contributed by atoms with Gasteiger partial charge < -0.3 is 15.7 Å². The van der Waals surface area contributed by atoms with Crippen molar-refractivity contribution in [2.45, 2.75) is 31.8 Å². The molecule has 1 aromatic rings. The molecule has 1 aliphatic carbocycles.